The fourth-order valence-corrected chi connectivity index (χ4v) is 3.14. The minimum Gasteiger partial charge on any atom is -0.490 e. The lowest BCUT2D eigenvalue weighted by molar-refractivity contribution is 0.0927. The van der Waals surface area contributed by atoms with Crippen LogP contribution in [-0.4, -0.2) is 18.2 Å². The summed E-state index contributed by atoms with van der Waals surface area (Å²) in [4.78, 5) is 0. The van der Waals surface area contributed by atoms with Crippen LogP contribution in [0.3, 0.4) is 0 Å². The van der Waals surface area contributed by atoms with E-state index in [2.05, 4.69) is 5.32 Å². The number of rotatable bonds is 2. The Morgan fingerprint density at radius 1 is 1.06 bits per heavy atom. The highest BCUT2D eigenvalue weighted by atomic mass is 35.5. The molecule has 0 amide bonds. The van der Waals surface area contributed by atoms with Crippen molar-refractivity contribution in [2.75, 3.05) is 0 Å². The van der Waals surface area contributed by atoms with Gasteiger partial charge in [-0.2, -0.15) is 0 Å². The molecule has 17 heavy (non-hydrogen) atoms. The Kier molecular flexibility index (Phi) is 3.26. The molecule has 2 bridgehead atoms. The third kappa shape index (κ3) is 2.75. The zero-order chi connectivity index (χ0) is 11.7. The van der Waals surface area contributed by atoms with Gasteiger partial charge in [0.15, 0.2) is 0 Å². The van der Waals surface area contributed by atoms with Gasteiger partial charge in [-0.1, -0.05) is 18.0 Å². The lowest BCUT2D eigenvalue weighted by Crippen LogP contribution is -2.51. The predicted octanol–water partition coefficient (Wildman–Crippen LogP) is 3.39. The van der Waals surface area contributed by atoms with Crippen LogP contribution in [0.5, 0.6) is 5.75 Å². The van der Waals surface area contributed by atoms with Crippen molar-refractivity contribution in [3.05, 3.63) is 29.3 Å². The zero-order valence-electron chi connectivity index (χ0n) is 9.86. The molecule has 2 aliphatic rings. The molecule has 0 spiro atoms. The normalized spacial score (nSPS) is 32.2. The standard InChI is InChI=1S/C14H18ClNO/c15-10-4-6-13(7-5-10)17-14-8-11-2-1-3-12(9-14)16-11/h4-7,11-12,14,16H,1-3,8-9H2/t11-,12+,14+. The van der Waals surface area contributed by atoms with E-state index in [1.165, 1.54) is 19.3 Å². The summed E-state index contributed by atoms with van der Waals surface area (Å²) in [5, 5.41) is 4.44. The van der Waals surface area contributed by atoms with E-state index in [9.17, 15) is 0 Å². The van der Waals surface area contributed by atoms with Crippen LogP contribution >= 0.6 is 11.6 Å². The number of hydrogen-bond acceptors (Lipinski definition) is 2. The molecule has 0 unspecified atom stereocenters. The summed E-state index contributed by atoms with van der Waals surface area (Å²) in [5.74, 6) is 0.944. The van der Waals surface area contributed by atoms with Crippen molar-refractivity contribution in [3.63, 3.8) is 0 Å². The van der Waals surface area contributed by atoms with E-state index >= 15 is 0 Å². The van der Waals surface area contributed by atoms with E-state index in [-0.39, 0.29) is 0 Å². The first kappa shape index (κ1) is 11.4. The molecule has 1 N–H and O–H groups in total. The van der Waals surface area contributed by atoms with Crippen LogP contribution in [0.25, 0.3) is 0 Å². The summed E-state index contributed by atoms with van der Waals surface area (Å²) in [7, 11) is 0. The van der Waals surface area contributed by atoms with Crippen molar-refractivity contribution in [2.24, 2.45) is 0 Å². The molecule has 0 aromatic heterocycles. The van der Waals surface area contributed by atoms with Crippen molar-refractivity contribution < 1.29 is 4.74 Å². The second kappa shape index (κ2) is 4.87. The number of benzene rings is 1. The van der Waals surface area contributed by atoms with Gasteiger partial charge in [-0.15, -0.1) is 0 Å². The summed E-state index contributed by atoms with van der Waals surface area (Å²) in [5.41, 5.74) is 0. The van der Waals surface area contributed by atoms with Crippen molar-refractivity contribution >= 4 is 11.6 Å². The number of halogens is 1. The molecule has 2 saturated heterocycles. The van der Waals surface area contributed by atoms with Crippen molar-refractivity contribution in [1.29, 1.82) is 0 Å². The minimum absolute atomic E-state index is 0.368. The number of fused-ring (bicyclic) bond motifs is 2. The second-order valence-electron chi connectivity index (χ2n) is 5.16. The van der Waals surface area contributed by atoms with Crippen LogP contribution in [0.1, 0.15) is 32.1 Å². The van der Waals surface area contributed by atoms with Gasteiger partial charge in [-0.3, -0.25) is 0 Å². The van der Waals surface area contributed by atoms with Crippen molar-refractivity contribution in [2.45, 2.75) is 50.3 Å². The van der Waals surface area contributed by atoms with Gasteiger partial charge >= 0.3 is 0 Å². The molecule has 2 fully saturated rings. The summed E-state index contributed by atoms with van der Waals surface area (Å²) in [6.07, 6.45) is 6.62. The number of hydrogen-bond donors (Lipinski definition) is 1. The van der Waals surface area contributed by atoms with Gasteiger partial charge in [-0.25, -0.2) is 0 Å². The van der Waals surface area contributed by atoms with Crippen LogP contribution in [0.15, 0.2) is 24.3 Å². The monoisotopic (exact) mass is 251 g/mol. The van der Waals surface area contributed by atoms with E-state index in [4.69, 9.17) is 16.3 Å². The van der Waals surface area contributed by atoms with Crippen LogP contribution in [0.4, 0.5) is 0 Å². The zero-order valence-corrected chi connectivity index (χ0v) is 10.6. The average molecular weight is 252 g/mol. The molecule has 0 radical (unpaired) electrons. The highest BCUT2D eigenvalue weighted by Gasteiger charge is 2.32. The van der Waals surface area contributed by atoms with Crippen molar-refractivity contribution in [1.82, 2.24) is 5.32 Å². The topological polar surface area (TPSA) is 21.3 Å². The third-order valence-corrected chi connectivity index (χ3v) is 4.04. The maximum atomic E-state index is 6.05. The molecular formula is C14H18ClNO. The molecule has 2 heterocycles. The lowest BCUT2D eigenvalue weighted by atomic mass is 9.85. The number of nitrogens with one attached hydrogen (secondary N) is 1. The average Bonchev–Trinajstić information content (AvgIpc) is 2.32. The number of ether oxygens (including phenoxy) is 1. The molecule has 0 aliphatic carbocycles. The third-order valence-electron chi connectivity index (χ3n) is 3.79. The molecule has 2 aliphatic heterocycles. The summed E-state index contributed by atoms with van der Waals surface area (Å²) in [6, 6.07) is 9.03. The van der Waals surface area contributed by atoms with Gasteiger partial charge in [0.25, 0.3) is 0 Å². The highest BCUT2D eigenvalue weighted by molar-refractivity contribution is 6.30. The Hall–Kier alpha value is -0.730. The Morgan fingerprint density at radius 2 is 1.71 bits per heavy atom. The SMILES string of the molecule is Clc1ccc(O[C@H]2C[C@H]3CCC[C@@H](C2)N3)cc1. The Labute approximate surface area is 107 Å². The molecule has 1 aromatic carbocycles. The smallest absolute Gasteiger partial charge is 0.119 e. The van der Waals surface area contributed by atoms with E-state index in [0.717, 1.165) is 23.6 Å². The van der Waals surface area contributed by atoms with Crippen LogP contribution in [0.2, 0.25) is 5.02 Å². The minimum atomic E-state index is 0.368. The number of piperidine rings is 2. The molecular weight excluding hydrogens is 234 g/mol. The summed E-state index contributed by atoms with van der Waals surface area (Å²) in [6.45, 7) is 0. The molecule has 2 nitrogen and oxygen atoms in total. The molecule has 3 atom stereocenters. The Morgan fingerprint density at radius 3 is 2.35 bits per heavy atom. The van der Waals surface area contributed by atoms with Crippen LogP contribution in [0, 0.1) is 0 Å². The fourth-order valence-electron chi connectivity index (χ4n) is 3.02. The first-order valence-electron chi connectivity index (χ1n) is 6.48. The predicted molar refractivity (Wildman–Crippen MR) is 69.7 cm³/mol. The largest absolute Gasteiger partial charge is 0.490 e. The Balaban J connectivity index is 1.63. The summed E-state index contributed by atoms with van der Waals surface area (Å²) >= 11 is 5.87. The van der Waals surface area contributed by atoms with Gasteiger partial charge in [0.05, 0.1) is 0 Å². The van der Waals surface area contributed by atoms with Gasteiger partial charge in [0.2, 0.25) is 0 Å². The first-order valence-corrected chi connectivity index (χ1v) is 6.85. The fraction of sp³-hybridized carbons (Fsp3) is 0.571. The van der Waals surface area contributed by atoms with Gasteiger partial charge in [-0.05, 0) is 49.9 Å². The molecule has 92 valence electrons. The highest BCUT2D eigenvalue weighted by Crippen LogP contribution is 2.28. The summed E-state index contributed by atoms with van der Waals surface area (Å²) < 4.78 is 6.05. The lowest BCUT2D eigenvalue weighted by Gasteiger charge is -2.40. The molecule has 3 rings (SSSR count). The van der Waals surface area contributed by atoms with Gasteiger partial charge < -0.3 is 10.1 Å². The van der Waals surface area contributed by atoms with E-state index in [1.54, 1.807) is 0 Å². The second-order valence-corrected chi connectivity index (χ2v) is 5.59. The van der Waals surface area contributed by atoms with Gasteiger partial charge in [0.1, 0.15) is 11.9 Å². The van der Waals surface area contributed by atoms with Gasteiger partial charge in [0, 0.05) is 17.1 Å². The Bertz CT molecular complexity index is 366. The molecule has 1 aromatic rings. The quantitative estimate of drug-likeness (QED) is 0.870. The maximum absolute atomic E-state index is 6.05. The first-order chi connectivity index (χ1) is 8.29. The van der Waals surface area contributed by atoms with E-state index in [1.807, 2.05) is 24.3 Å². The molecule has 0 saturated carbocycles. The molecule has 3 heteroatoms. The van der Waals surface area contributed by atoms with Crippen LogP contribution in [-0.2, 0) is 0 Å². The van der Waals surface area contributed by atoms with Crippen LogP contribution < -0.4 is 10.1 Å². The van der Waals surface area contributed by atoms with E-state index in [0.29, 0.717) is 18.2 Å². The van der Waals surface area contributed by atoms with Crippen molar-refractivity contribution in [3.8, 4) is 5.75 Å². The maximum Gasteiger partial charge on any atom is 0.119 e. The van der Waals surface area contributed by atoms with E-state index < -0.39 is 0 Å².